The maximum absolute atomic E-state index is 6.01. The van der Waals surface area contributed by atoms with Gasteiger partial charge in [0.25, 0.3) is 0 Å². The summed E-state index contributed by atoms with van der Waals surface area (Å²) in [5, 5.41) is 0. The van der Waals surface area contributed by atoms with E-state index >= 15 is 0 Å². The monoisotopic (exact) mass is 230 g/mol. The largest absolute Gasteiger partial charge is 0.125 e. The summed E-state index contributed by atoms with van der Waals surface area (Å²) in [4.78, 5) is 0. The van der Waals surface area contributed by atoms with Crippen molar-refractivity contribution >= 4 is 46.4 Å². The molecule has 0 heterocycles. The van der Waals surface area contributed by atoms with Crippen LogP contribution < -0.4 is 0 Å². The third-order valence-corrected chi connectivity index (χ3v) is 5.55. The highest BCUT2D eigenvalue weighted by molar-refractivity contribution is 6.54. The molecule has 4 heteroatoms. The van der Waals surface area contributed by atoms with Crippen molar-refractivity contribution in [2.24, 2.45) is 23.7 Å². The zero-order valence-corrected chi connectivity index (χ0v) is 8.55. The molecule has 3 fully saturated rings. The molecule has 62 valence electrons. The van der Waals surface area contributed by atoms with Gasteiger partial charge in [0, 0.05) is 11.8 Å². The van der Waals surface area contributed by atoms with Crippen LogP contribution >= 0.6 is 46.4 Å². The molecule has 3 aliphatic carbocycles. The Hall–Kier alpha value is 1.16. The molecule has 0 bridgehead atoms. The molecule has 0 aromatic heterocycles. The summed E-state index contributed by atoms with van der Waals surface area (Å²) in [5.41, 5.74) is 0. The second kappa shape index (κ2) is 1.68. The predicted molar refractivity (Wildman–Crippen MR) is 47.5 cm³/mol. The van der Waals surface area contributed by atoms with Crippen molar-refractivity contribution in [2.45, 2.75) is 15.1 Å². The Morgan fingerprint density at radius 2 is 1.18 bits per heavy atom. The Bertz CT molecular complexity index is 211. The third kappa shape index (κ3) is 0.678. The van der Waals surface area contributed by atoms with Crippen LogP contribution in [0, 0.1) is 23.7 Å². The lowest BCUT2D eigenvalue weighted by Crippen LogP contribution is -1.98. The zero-order chi connectivity index (χ0) is 8.02. The summed E-state index contributed by atoms with van der Waals surface area (Å²) in [5.74, 6) is 1.72. The highest BCUT2D eigenvalue weighted by Crippen LogP contribution is 2.84. The van der Waals surface area contributed by atoms with Crippen molar-refractivity contribution < 1.29 is 0 Å². The molecule has 0 N–H and O–H groups in total. The number of halogens is 4. The van der Waals surface area contributed by atoms with Gasteiger partial charge in [0.2, 0.25) is 0 Å². The Morgan fingerprint density at radius 1 is 0.818 bits per heavy atom. The van der Waals surface area contributed by atoms with Gasteiger partial charge in [0.1, 0.15) is 8.67 Å². The van der Waals surface area contributed by atoms with E-state index in [0.29, 0.717) is 23.7 Å². The van der Waals surface area contributed by atoms with Crippen LogP contribution in [0.4, 0.5) is 0 Å². The van der Waals surface area contributed by atoms with E-state index in [-0.39, 0.29) is 0 Å². The molecule has 4 atom stereocenters. The molecular weight excluding hydrogens is 226 g/mol. The molecule has 0 aromatic rings. The lowest BCUT2D eigenvalue weighted by molar-refractivity contribution is 0.671. The molecule has 0 aromatic carbocycles. The summed E-state index contributed by atoms with van der Waals surface area (Å²) in [6, 6.07) is 0. The van der Waals surface area contributed by atoms with Crippen LogP contribution in [0.2, 0.25) is 0 Å². The van der Waals surface area contributed by atoms with Gasteiger partial charge >= 0.3 is 0 Å². The van der Waals surface area contributed by atoms with Crippen molar-refractivity contribution in [1.82, 2.24) is 0 Å². The van der Waals surface area contributed by atoms with Crippen LogP contribution in [0.5, 0.6) is 0 Å². The van der Waals surface area contributed by atoms with E-state index in [2.05, 4.69) is 0 Å². The topological polar surface area (TPSA) is 0 Å². The SMILES string of the molecule is ClC1(Cl)[C@H]2[C@H]3[C@@H](C[C@H]21)C3(Cl)Cl. The maximum atomic E-state index is 6.01. The smallest absolute Gasteiger partial charge is 0.101 e. The first-order chi connectivity index (χ1) is 4.97. The summed E-state index contributed by atoms with van der Waals surface area (Å²) in [6.45, 7) is 0. The highest BCUT2D eigenvalue weighted by atomic mass is 35.5. The van der Waals surface area contributed by atoms with Gasteiger partial charge in [-0.15, -0.1) is 46.4 Å². The molecule has 0 saturated heterocycles. The third-order valence-electron chi connectivity index (χ3n) is 3.42. The van der Waals surface area contributed by atoms with Gasteiger partial charge < -0.3 is 0 Å². The van der Waals surface area contributed by atoms with Crippen molar-refractivity contribution in [3.05, 3.63) is 0 Å². The Morgan fingerprint density at radius 3 is 1.45 bits per heavy atom. The molecule has 0 amide bonds. The van der Waals surface area contributed by atoms with Crippen LogP contribution in [-0.4, -0.2) is 8.67 Å². The molecule has 3 saturated carbocycles. The Labute approximate surface area is 85.1 Å². The molecule has 0 aliphatic heterocycles. The van der Waals surface area contributed by atoms with E-state index in [1.165, 1.54) is 0 Å². The molecule has 0 radical (unpaired) electrons. The molecule has 11 heavy (non-hydrogen) atoms. The number of alkyl halides is 4. The average Bonchev–Trinajstić information content (AvgIpc) is 2.57. The number of rotatable bonds is 0. The summed E-state index contributed by atoms with van der Waals surface area (Å²) < 4.78 is -0.987. The number of hydrogen-bond donors (Lipinski definition) is 0. The molecule has 0 spiro atoms. The second-order valence-corrected chi connectivity index (χ2v) is 6.74. The molecule has 0 unspecified atom stereocenters. The first-order valence-corrected chi connectivity index (χ1v) is 5.24. The van der Waals surface area contributed by atoms with Crippen LogP contribution in [0.25, 0.3) is 0 Å². The summed E-state index contributed by atoms with van der Waals surface area (Å²) >= 11 is 24.0. The zero-order valence-electron chi connectivity index (χ0n) is 5.53. The van der Waals surface area contributed by atoms with Crippen LogP contribution in [-0.2, 0) is 0 Å². The van der Waals surface area contributed by atoms with Gasteiger partial charge in [0.05, 0.1) is 0 Å². The van der Waals surface area contributed by atoms with Crippen molar-refractivity contribution in [3.8, 4) is 0 Å². The second-order valence-electron chi connectivity index (χ2n) is 3.85. The molecule has 3 aliphatic rings. The van der Waals surface area contributed by atoms with Gasteiger partial charge in [-0.25, -0.2) is 0 Å². The van der Waals surface area contributed by atoms with Crippen LogP contribution in [0.15, 0.2) is 0 Å². The maximum Gasteiger partial charge on any atom is 0.125 e. The minimum Gasteiger partial charge on any atom is -0.101 e. The number of hydrogen-bond acceptors (Lipinski definition) is 0. The van der Waals surface area contributed by atoms with E-state index in [0.717, 1.165) is 6.42 Å². The van der Waals surface area contributed by atoms with E-state index in [4.69, 9.17) is 46.4 Å². The highest BCUT2D eigenvalue weighted by Gasteiger charge is 2.84. The first-order valence-electron chi connectivity index (χ1n) is 3.73. The minimum absolute atomic E-state index is 0.380. The predicted octanol–water partition coefficient (Wildman–Crippen LogP) is 3.23. The van der Waals surface area contributed by atoms with Crippen molar-refractivity contribution in [1.29, 1.82) is 0 Å². The molecule has 3 rings (SSSR count). The molecule has 0 nitrogen and oxygen atoms in total. The van der Waals surface area contributed by atoms with Gasteiger partial charge in [-0.05, 0) is 18.3 Å². The average molecular weight is 232 g/mol. The Balaban J connectivity index is 1.90. The van der Waals surface area contributed by atoms with E-state index < -0.39 is 8.67 Å². The number of fused-ring (bicyclic) bond motifs is 3. The fourth-order valence-corrected chi connectivity index (χ4v) is 4.49. The van der Waals surface area contributed by atoms with Gasteiger partial charge in [-0.3, -0.25) is 0 Å². The normalized spacial score (nSPS) is 60.0. The summed E-state index contributed by atoms with van der Waals surface area (Å²) in [7, 11) is 0. The van der Waals surface area contributed by atoms with Crippen LogP contribution in [0.3, 0.4) is 0 Å². The lowest BCUT2D eigenvalue weighted by atomic mass is 10.2. The lowest BCUT2D eigenvalue weighted by Gasteiger charge is -1.98. The van der Waals surface area contributed by atoms with Crippen molar-refractivity contribution in [3.63, 3.8) is 0 Å². The van der Waals surface area contributed by atoms with Crippen LogP contribution in [0.1, 0.15) is 6.42 Å². The van der Waals surface area contributed by atoms with E-state index in [1.54, 1.807) is 0 Å². The van der Waals surface area contributed by atoms with E-state index in [9.17, 15) is 0 Å². The quantitative estimate of drug-likeness (QED) is 0.562. The van der Waals surface area contributed by atoms with Gasteiger partial charge in [-0.1, -0.05) is 0 Å². The summed E-state index contributed by atoms with van der Waals surface area (Å²) in [6.07, 6.45) is 1.02. The fourth-order valence-electron chi connectivity index (χ4n) is 2.69. The van der Waals surface area contributed by atoms with Gasteiger partial charge in [0.15, 0.2) is 0 Å². The minimum atomic E-state index is -0.493. The first kappa shape index (κ1) is 7.55. The molecular formula is C7H6Cl4. The standard InChI is InChI=1S/C7H6Cl4/c8-6(9)2-1-3-5(4(2)6)7(3,10)11/h2-5H,1H2/t2-,3-,4-,5-/m1/s1. The fraction of sp³-hybridized carbons (Fsp3) is 1.00. The van der Waals surface area contributed by atoms with Gasteiger partial charge in [-0.2, -0.15) is 0 Å². The Kier molecular flexibility index (Phi) is 1.16. The van der Waals surface area contributed by atoms with E-state index in [1.807, 2.05) is 0 Å². The van der Waals surface area contributed by atoms with Crippen molar-refractivity contribution in [2.75, 3.05) is 0 Å².